The van der Waals surface area contributed by atoms with E-state index >= 15 is 0 Å². The van der Waals surface area contributed by atoms with Gasteiger partial charge in [0.1, 0.15) is 5.82 Å². The van der Waals surface area contributed by atoms with Gasteiger partial charge in [0.05, 0.1) is 4.90 Å². The Kier molecular flexibility index (Phi) is 5.23. The van der Waals surface area contributed by atoms with E-state index in [1.54, 1.807) is 28.6 Å². The first-order chi connectivity index (χ1) is 12.7. The highest BCUT2D eigenvalue weighted by Crippen LogP contribution is 2.27. The molecule has 0 spiro atoms. The lowest BCUT2D eigenvalue weighted by Crippen LogP contribution is -2.38. The van der Waals surface area contributed by atoms with Crippen LogP contribution >= 0.6 is 0 Å². The standard InChI is InChI=1S/C18H24N4O4S/c1-4-22-16(19-20(2)18(22)24)13-9-11-21(12-10-13)17(23)14-5-7-15(8-6-14)27(3,25)26/h5-8,13H,4,9-12H2,1-3H3. The smallest absolute Gasteiger partial charge is 0.339 e. The van der Waals surface area contributed by atoms with Crippen molar-refractivity contribution in [3.05, 3.63) is 46.1 Å². The lowest BCUT2D eigenvalue weighted by Gasteiger charge is -2.31. The molecule has 0 aliphatic carbocycles. The normalized spacial score (nSPS) is 15.9. The quantitative estimate of drug-likeness (QED) is 0.774. The highest BCUT2D eigenvalue weighted by molar-refractivity contribution is 7.90. The molecule has 0 unspecified atom stereocenters. The minimum absolute atomic E-state index is 0.109. The Morgan fingerprint density at radius 1 is 1.19 bits per heavy atom. The summed E-state index contributed by atoms with van der Waals surface area (Å²) in [7, 11) is -1.63. The average molecular weight is 392 g/mol. The highest BCUT2D eigenvalue weighted by Gasteiger charge is 2.28. The van der Waals surface area contributed by atoms with E-state index in [-0.39, 0.29) is 22.4 Å². The third kappa shape index (κ3) is 3.83. The number of sulfone groups is 1. The molecule has 1 aliphatic rings. The fraction of sp³-hybridized carbons (Fsp3) is 0.500. The number of likely N-dealkylation sites (tertiary alicyclic amines) is 1. The maximum Gasteiger partial charge on any atom is 0.345 e. The SMILES string of the molecule is CCn1c(C2CCN(C(=O)c3ccc(S(C)(=O)=O)cc3)CC2)nn(C)c1=O. The summed E-state index contributed by atoms with van der Waals surface area (Å²) in [6.07, 6.45) is 2.62. The maximum atomic E-state index is 12.7. The molecule has 27 heavy (non-hydrogen) atoms. The molecule has 1 aromatic carbocycles. The van der Waals surface area contributed by atoms with E-state index in [9.17, 15) is 18.0 Å². The van der Waals surface area contributed by atoms with Crippen molar-refractivity contribution in [1.29, 1.82) is 0 Å². The van der Waals surface area contributed by atoms with Crippen LogP contribution in [0.25, 0.3) is 0 Å². The molecule has 0 radical (unpaired) electrons. The van der Waals surface area contributed by atoms with E-state index in [2.05, 4.69) is 5.10 Å². The molecule has 1 aliphatic heterocycles. The summed E-state index contributed by atoms with van der Waals surface area (Å²) in [6, 6.07) is 6.03. The minimum Gasteiger partial charge on any atom is -0.339 e. The Morgan fingerprint density at radius 2 is 1.78 bits per heavy atom. The average Bonchev–Trinajstić information content (AvgIpc) is 2.95. The van der Waals surface area contributed by atoms with E-state index in [0.29, 0.717) is 25.2 Å². The second-order valence-corrected chi connectivity index (χ2v) is 8.89. The van der Waals surface area contributed by atoms with Crippen LogP contribution in [0.1, 0.15) is 41.9 Å². The zero-order valence-electron chi connectivity index (χ0n) is 15.8. The van der Waals surface area contributed by atoms with Crippen molar-refractivity contribution in [3.8, 4) is 0 Å². The number of aryl methyl sites for hydroxylation is 1. The summed E-state index contributed by atoms with van der Waals surface area (Å²) in [5, 5.41) is 4.37. The number of benzene rings is 1. The molecule has 1 aromatic heterocycles. The van der Waals surface area contributed by atoms with Crippen LogP contribution in [0.5, 0.6) is 0 Å². The zero-order valence-corrected chi connectivity index (χ0v) is 16.6. The number of carbonyl (C=O) groups excluding carboxylic acids is 1. The first kappa shape index (κ1) is 19.3. The number of carbonyl (C=O) groups is 1. The predicted molar refractivity (Wildman–Crippen MR) is 101 cm³/mol. The van der Waals surface area contributed by atoms with Crippen LogP contribution in [0.15, 0.2) is 34.0 Å². The summed E-state index contributed by atoms with van der Waals surface area (Å²) >= 11 is 0. The minimum atomic E-state index is -3.28. The molecule has 1 amide bonds. The second-order valence-electron chi connectivity index (χ2n) is 6.87. The molecule has 8 nitrogen and oxygen atoms in total. The lowest BCUT2D eigenvalue weighted by atomic mass is 9.95. The van der Waals surface area contributed by atoms with Gasteiger partial charge < -0.3 is 4.90 Å². The van der Waals surface area contributed by atoms with Gasteiger partial charge in [-0.15, -0.1) is 0 Å². The monoisotopic (exact) mass is 392 g/mol. The first-order valence-corrected chi connectivity index (χ1v) is 10.8. The van der Waals surface area contributed by atoms with Crippen LogP contribution in [0.3, 0.4) is 0 Å². The Balaban J connectivity index is 1.69. The fourth-order valence-corrected chi connectivity index (χ4v) is 4.12. The Labute approximate surface area is 158 Å². The molecule has 0 atom stereocenters. The van der Waals surface area contributed by atoms with Gasteiger partial charge in [-0.1, -0.05) is 0 Å². The summed E-state index contributed by atoms with van der Waals surface area (Å²) < 4.78 is 26.1. The van der Waals surface area contributed by atoms with Crippen LogP contribution in [-0.2, 0) is 23.4 Å². The number of rotatable bonds is 4. The molecular weight excluding hydrogens is 368 g/mol. The molecule has 2 heterocycles. The van der Waals surface area contributed by atoms with Gasteiger partial charge in [0.25, 0.3) is 5.91 Å². The maximum absolute atomic E-state index is 12.7. The third-order valence-electron chi connectivity index (χ3n) is 5.03. The van der Waals surface area contributed by atoms with E-state index in [1.165, 1.54) is 16.8 Å². The van der Waals surface area contributed by atoms with Gasteiger partial charge >= 0.3 is 5.69 Å². The molecule has 0 saturated carbocycles. The second kappa shape index (κ2) is 7.30. The number of amides is 1. The predicted octanol–water partition coefficient (Wildman–Crippen LogP) is 1.02. The van der Waals surface area contributed by atoms with Crippen molar-refractivity contribution < 1.29 is 13.2 Å². The van der Waals surface area contributed by atoms with Crippen LogP contribution < -0.4 is 5.69 Å². The number of aromatic nitrogens is 3. The van der Waals surface area contributed by atoms with Crippen LogP contribution in [0.4, 0.5) is 0 Å². The molecule has 1 saturated heterocycles. The Bertz CT molecular complexity index is 997. The van der Waals surface area contributed by atoms with Gasteiger partial charge in [-0.2, -0.15) is 5.10 Å². The molecule has 3 rings (SSSR count). The van der Waals surface area contributed by atoms with E-state index < -0.39 is 9.84 Å². The first-order valence-electron chi connectivity index (χ1n) is 8.95. The fourth-order valence-electron chi connectivity index (χ4n) is 3.49. The Morgan fingerprint density at radius 3 is 2.30 bits per heavy atom. The van der Waals surface area contributed by atoms with Gasteiger partial charge in [-0.25, -0.2) is 17.9 Å². The van der Waals surface area contributed by atoms with Gasteiger partial charge in [-0.05, 0) is 44.0 Å². The van der Waals surface area contributed by atoms with Crippen molar-refractivity contribution in [1.82, 2.24) is 19.2 Å². The Hall–Kier alpha value is -2.42. The zero-order chi connectivity index (χ0) is 19.8. The molecule has 1 fully saturated rings. The van der Waals surface area contributed by atoms with E-state index in [1.807, 2.05) is 6.92 Å². The molecule has 2 aromatic rings. The number of piperidine rings is 1. The van der Waals surface area contributed by atoms with Crippen molar-refractivity contribution in [2.75, 3.05) is 19.3 Å². The van der Waals surface area contributed by atoms with Gasteiger partial charge in [0.2, 0.25) is 0 Å². The van der Waals surface area contributed by atoms with Gasteiger partial charge in [0, 0.05) is 44.4 Å². The van der Waals surface area contributed by atoms with E-state index in [4.69, 9.17) is 0 Å². The van der Waals surface area contributed by atoms with Crippen molar-refractivity contribution in [2.24, 2.45) is 7.05 Å². The molecular formula is C18H24N4O4S. The van der Waals surface area contributed by atoms with E-state index in [0.717, 1.165) is 24.9 Å². The highest BCUT2D eigenvalue weighted by atomic mass is 32.2. The van der Waals surface area contributed by atoms with Crippen molar-refractivity contribution in [3.63, 3.8) is 0 Å². The summed E-state index contributed by atoms with van der Waals surface area (Å²) in [5.74, 6) is 0.826. The lowest BCUT2D eigenvalue weighted by molar-refractivity contribution is 0.0710. The summed E-state index contributed by atoms with van der Waals surface area (Å²) in [5.41, 5.74) is 0.362. The topological polar surface area (TPSA) is 94.3 Å². The number of hydrogen-bond acceptors (Lipinski definition) is 5. The van der Waals surface area contributed by atoms with Crippen LogP contribution in [0.2, 0.25) is 0 Å². The largest absolute Gasteiger partial charge is 0.345 e. The van der Waals surface area contributed by atoms with Gasteiger partial charge in [-0.3, -0.25) is 9.36 Å². The van der Waals surface area contributed by atoms with Crippen molar-refractivity contribution >= 4 is 15.7 Å². The molecule has 0 N–H and O–H groups in total. The van der Waals surface area contributed by atoms with Crippen LogP contribution in [0, 0.1) is 0 Å². The molecule has 9 heteroatoms. The third-order valence-corrected chi connectivity index (χ3v) is 6.16. The molecule has 0 bridgehead atoms. The molecule has 146 valence electrons. The van der Waals surface area contributed by atoms with Crippen molar-refractivity contribution in [2.45, 2.75) is 37.1 Å². The van der Waals surface area contributed by atoms with Gasteiger partial charge in [0.15, 0.2) is 9.84 Å². The summed E-state index contributed by atoms with van der Waals surface area (Å²) in [4.78, 5) is 26.7. The number of hydrogen-bond donors (Lipinski definition) is 0. The summed E-state index contributed by atoms with van der Waals surface area (Å²) in [6.45, 7) is 3.65. The number of nitrogens with zero attached hydrogens (tertiary/aromatic N) is 4. The van der Waals surface area contributed by atoms with Crippen LogP contribution in [-0.4, -0.2) is 52.9 Å².